The van der Waals surface area contributed by atoms with E-state index in [9.17, 15) is 4.39 Å². The molecule has 0 aliphatic carbocycles. The first kappa shape index (κ1) is 13.5. The molecule has 0 radical (unpaired) electrons. The van der Waals surface area contributed by atoms with E-state index in [1.807, 2.05) is 29.5 Å². The monoisotopic (exact) mass is 328 g/mol. The summed E-state index contributed by atoms with van der Waals surface area (Å²) in [5, 5.41) is 2.02. The van der Waals surface area contributed by atoms with E-state index in [-0.39, 0.29) is 5.82 Å². The van der Waals surface area contributed by atoms with Gasteiger partial charge in [-0.05, 0) is 39.7 Å². The quantitative estimate of drug-likeness (QED) is 0.926. The number of nitrogens with two attached hydrogens (primary N) is 1. The molecule has 2 rings (SSSR count). The molecule has 0 saturated carbocycles. The number of benzene rings is 1. The number of hydrogen-bond acceptors (Lipinski definition) is 3. The smallest absolute Gasteiger partial charge is 0.146 e. The summed E-state index contributed by atoms with van der Waals surface area (Å²) in [7, 11) is 1.88. The Morgan fingerprint density at radius 1 is 1.39 bits per heavy atom. The Morgan fingerprint density at radius 3 is 2.72 bits per heavy atom. The van der Waals surface area contributed by atoms with Gasteiger partial charge in [0.25, 0.3) is 0 Å². The van der Waals surface area contributed by atoms with Crippen molar-refractivity contribution in [3.8, 4) is 0 Å². The summed E-state index contributed by atoms with van der Waals surface area (Å²) in [6.45, 7) is 1.05. The van der Waals surface area contributed by atoms with Gasteiger partial charge < -0.3 is 10.6 Å². The Bertz CT molecular complexity index is 542. The number of nitrogens with zero attached hydrogens (tertiary/aromatic N) is 1. The molecule has 0 bridgehead atoms. The first-order valence-corrected chi connectivity index (χ1v) is 7.20. The summed E-state index contributed by atoms with van der Waals surface area (Å²) in [6.07, 6.45) is 0. The van der Waals surface area contributed by atoms with Crippen LogP contribution in [0.3, 0.4) is 0 Å². The van der Waals surface area contributed by atoms with Crippen LogP contribution in [0.15, 0.2) is 34.1 Å². The predicted molar refractivity (Wildman–Crippen MR) is 78.4 cm³/mol. The molecule has 0 amide bonds. The van der Waals surface area contributed by atoms with E-state index in [1.165, 1.54) is 10.9 Å². The van der Waals surface area contributed by atoms with Gasteiger partial charge in [0, 0.05) is 28.3 Å². The number of thiophene rings is 1. The van der Waals surface area contributed by atoms with Gasteiger partial charge in [-0.3, -0.25) is 0 Å². The maximum Gasteiger partial charge on any atom is 0.146 e. The average Bonchev–Trinajstić information content (AvgIpc) is 2.74. The first-order valence-electron chi connectivity index (χ1n) is 5.52. The fourth-order valence-corrected chi connectivity index (χ4v) is 3.25. The second-order valence-electron chi connectivity index (χ2n) is 4.08. The van der Waals surface area contributed by atoms with Crippen LogP contribution in [-0.2, 0) is 13.1 Å². The Labute approximate surface area is 118 Å². The summed E-state index contributed by atoms with van der Waals surface area (Å²) >= 11 is 5.07. The Balaban J connectivity index is 2.15. The van der Waals surface area contributed by atoms with Gasteiger partial charge >= 0.3 is 0 Å². The van der Waals surface area contributed by atoms with Crippen LogP contribution in [0.25, 0.3) is 0 Å². The molecule has 1 aromatic carbocycles. The lowest BCUT2D eigenvalue weighted by Gasteiger charge is -2.19. The van der Waals surface area contributed by atoms with Crippen LogP contribution in [0.4, 0.5) is 10.1 Å². The van der Waals surface area contributed by atoms with Gasteiger partial charge in [0.15, 0.2) is 0 Å². The van der Waals surface area contributed by atoms with Gasteiger partial charge in [0.05, 0.1) is 12.2 Å². The van der Waals surface area contributed by atoms with Gasteiger partial charge in [-0.1, -0.05) is 6.07 Å². The molecule has 5 heteroatoms. The number of halogens is 2. The van der Waals surface area contributed by atoms with E-state index < -0.39 is 0 Å². The van der Waals surface area contributed by atoms with Crippen molar-refractivity contribution in [1.82, 2.24) is 0 Å². The minimum atomic E-state index is -0.226. The van der Waals surface area contributed by atoms with Crippen LogP contribution in [0.1, 0.15) is 10.4 Å². The van der Waals surface area contributed by atoms with E-state index >= 15 is 0 Å². The lowest BCUT2D eigenvalue weighted by Crippen LogP contribution is -2.17. The van der Waals surface area contributed by atoms with Crippen molar-refractivity contribution in [3.63, 3.8) is 0 Å². The fourth-order valence-electron chi connectivity index (χ4n) is 1.74. The van der Waals surface area contributed by atoms with E-state index in [2.05, 4.69) is 15.9 Å². The molecule has 2 N–H and O–H groups in total. The fraction of sp³-hybridized carbons (Fsp3) is 0.231. The molecule has 1 heterocycles. The Hall–Kier alpha value is -0.910. The molecular weight excluding hydrogens is 315 g/mol. The largest absolute Gasteiger partial charge is 0.367 e. The van der Waals surface area contributed by atoms with E-state index in [0.29, 0.717) is 18.8 Å². The third kappa shape index (κ3) is 3.10. The SMILES string of the molecule is CN(Cc1cc(Br)cs1)c1ccc(CN)cc1F. The highest BCUT2D eigenvalue weighted by Crippen LogP contribution is 2.25. The highest BCUT2D eigenvalue weighted by atomic mass is 79.9. The molecule has 0 saturated heterocycles. The predicted octanol–water partition coefficient (Wildman–Crippen LogP) is 3.74. The van der Waals surface area contributed by atoms with Crippen molar-refractivity contribution >= 4 is 33.0 Å². The van der Waals surface area contributed by atoms with Crippen molar-refractivity contribution in [2.24, 2.45) is 5.73 Å². The topological polar surface area (TPSA) is 29.3 Å². The minimum absolute atomic E-state index is 0.226. The van der Waals surface area contributed by atoms with Gasteiger partial charge in [-0.25, -0.2) is 4.39 Å². The highest BCUT2D eigenvalue weighted by Gasteiger charge is 2.09. The molecule has 18 heavy (non-hydrogen) atoms. The maximum atomic E-state index is 13.9. The highest BCUT2D eigenvalue weighted by molar-refractivity contribution is 9.10. The van der Waals surface area contributed by atoms with Crippen LogP contribution in [0.5, 0.6) is 0 Å². The molecule has 2 aromatic rings. The lowest BCUT2D eigenvalue weighted by molar-refractivity contribution is 0.620. The van der Waals surface area contributed by atoms with Gasteiger partial charge in [0.2, 0.25) is 0 Å². The number of anilines is 1. The van der Waals surface area contributed by atoms with E-state index in [1.54, 1.807) is 17.4 Å². The van der Waals surface area contributed by atoms with E-state index in [4.69, 9.17) is 5.73 Å². The molecule has 0 fully saturated rings. The number of rotatable bonds is 4. The normalized spacial score (nSPS) is 10.7. The molecule has 0 aliphatic rings. The van der Waals surface area contributed by atoms with Crippen molar-refractivity contribution in [3.05, 3.63) is 50.4 Å². The zero-order valence-electron chi connectivity index (χ0n) is 9.99. The molecule has 0 unspecified atom stereocenters. The van der Waals surface area contributed by atoms with E-state index in [0.717, 1.165) is 10.0 Å². The Kier molecular flexibility index (Phi) is 4.37. The molecule has 96 valence electrons. The third-order valence-corrected chi connectivity index (χ3v) is 4.36. The van der Waals surface area contributed by atoms with Gasteiger partial charge in [-0.2, -0.15) is 0 Å². The van der Waals surface area contributed by atoms with Crippen LogP contribution in [0, 0.1) is 5.82 Å². The third-order valence-electron chi connectivity index (χ3n) is 2.67. The second kappa shape index (κ2) is 5.82. The lowest BCUT2D eigenvalue weighted by atomic mass is 10.2. The van der Waals surface area contributed by atoms with Crippen molar-refractivity contribution in [2.75, 3.05) is 11.9 Å². The number of hydrogen-bond donors (Lipinski definition) is 1. The van der Waals surface area contributed by atoms with Crippen LogP contribution in [-0.4, -0.2) is 7.05 Å². The Morgan fingerprint density at radius 2 is 2.17 bits per heavy atom. The van der Waals surface area contributed by atoms with Crippen LogP contribution >= 0.6 is 27.3 Å². The van der Waals surface area contributed by atoms with Gasteiger partial charge in [0.1, 0.15) is 5.82 Å². The maximum absolute atomic E-state index is 13.9. The molecular formula is C13H14BrFN2S. The minimum Gasteiger partial charge on any atom is -0.367 e. The summed E-state index contributed by atoms with van der Waals surface area (Å²) in [4.78, 5) is 3.08. The summed E-state index contributed by atoms with van der Waals surface area (Å²) < 4.78 is 15.0. The molecule has 0 aliphatic heterocycles. The zero-order valence-corrected chi connectivity index (χ0v) is 12.4. The molecule has 1 aromatic heterocycles. The summed E-state index contributed by atoms with van der Waals surface area (Å²) in [5.74, 6) is -0.226. The van der Waals surface area contributed by atoms with Gasteiger partial charge in [-0.15, -0.1) is 11.3 Å². The molecule has 2 nitrogen and oxygen atoms in total. The second-order valence-corrected chi connectivity index (χ2v) is 5.99. The molecule has 0 spiro atoms. The van der Waals surface area contributed by atoms with Crippen molar-refractivity contribution in [2.45, 2.75) is 13.1 Å². The summed E-state index contributed by atoms with van der Waals surface area (Å²) in [5.41, 5.74) is 6.89. The average molecular weight is 329 g/mol. The molecule has 0 atom stereocenters. The van der Waals surface area contributed by atoms with Crippen molar-refractivity contribution in [1.29, 1.82) is 0 Å². The summed E-state index contributed by atoms with van der Waals surface area (Å²) in [6, 6.07) is 7.18. The standard InChI is InChI=1S/C13H14BrFN2S/c1-17(7-11-5-10(14)8-18-11)13-3-2-9(6-16)4-12(13)15/h2-5,8H,6-7,16H2,1H3. The first-order chi connectivity index (χ1) is 8.60. The zero-order chi connectivity index (χ0) is 13.1. The van der Waals surface area contributed by atoms with Crippen LogP contribution in [0.2, 0.25) is 0 Å². The van der Waals surface area contributed by atoms with Crippen molar-refractivity contribution < 1.29 is 4.39 Å². The van der Waals surface area contributed by atoms with Crippen LogP contribution < -0.4 is 10.6 Å².